The molecule has 2 aromatic rings. The second-order valence-electron chi connectivity index (χ2n) is 6.54. The van der Waals surface area contributed by atoms with Crippen molar-refractivity contribution in [3.8, 4) is 0 Å². The lowest BCUT2D eigenvalue weighted by Gasteiger charge is -2.15. The second kappa shape index (κ2) is 8.39. The van der Waals surface area contributed by atoms with Crippen molar-refractivity contribution in [3.63, 3.8) is 0 Å². The third kappa shape index (κ3) is 4.66. The zero-order valence-electron chi connectivity index (χ0n) is 15.8. The molecule has 1 amide bonds. The fourth-order valence-corrected chi connectivity index (χ4v) is 2.72. The molecule has 0 aliphatic carbocycles. The van der Waals surface area contributed by atoms with E-state index in [4.69, 9.17) is 5.41 Å². The Hall–Kier alpha value is -3.29. The quantitative estimate of drug-likeness (QED) is 0.438. The minimum absolute atomic E-state index is 0.00257. The standard InChI is InChI=1S/C19H23N5O3/c1-10(2)22-17-15(7-20)14(6-13(9-25)24-17)18(26)21-8-16-11(3)5-12(4)23-19(16)27/h5-7,9-10,20H,8H2,1-4H3,(H,21,26)(H,22,24)(H,23,27). The van der Waals surface area contributed by atoms with Gasteiger partial charge in [-0.2, -0.15) is 0 Å². The Labute approximate surface area is 156 Å². The van der Waals surface area contributed by atoms with Gasteiger partial charge in [0, 0.05) is 35.6 Å². The molecule has 2 rings (SSSR count). The minimum atomic E-state index is -0.495. The van der Waals surface area contributed by atoms with Gasteiger partial charge < -0.3 is 21.0 Å². The van der Waals surface area contributed by atoms with Crippen LogP contribution in [0.1, 0.15) is 57.1 Å². The van der Waals surface area contributed by atoms with E-state index in [0.717, 1.165) is 17.5 Å². The zero-order chi connectivity index (χ0) is 20.1. The predicted molar refractivity (Wildman–Crippen MR) is 104 cm³/mol. The molecule has 142 valence electrons. The van der Waals surface area contributed by atoms with Crippen LogP contribution in [-0.2, 0) is 6.54 Å². The van der Waals surface area contributed by atoms with E-state index < -0.39 is 5.91 Å². The molecule has 27 heavy (non-hydrogen) atoms. The summed E-state index contributed by atoms with van der Waals surface area (Å²) in [6, 6.07) is 3.16. The number of carbonyl (C=O) groups excluding carboxylic acids is 2. The number of H-pyrrole nitrogens is 1. The first kappa shape index (κ1) is 20.0. The highest BCUT2D eigenvalue weighted by atomic mass is 16.2. The van der Waals surface area contributed by atoms with Crippen LogP contribution >= 0.6 is 0 Å². The number of rotatable bonds is 7. The van der Waals surface area contributed by atoms with Gasteiger partial charge in [0.1, 0.15) is 11.5 Å². The molecule has 8 heteroatoms. The van der Waals surface area contributed by atoms with Gasteiger partial charge in [-0.05, 0) is 45.4 Å². The van der Waals surface area contributed by atoms with Crippen LogP contribution in [0.25, 0.3) is 0 Å². The van der Waals surface area contributed by atoms with Gasteiger partial charge in [-0.25, -0.2) is 4.98 Å². The number of carbonyl (C=O) groups is 2. The Kier molecular flexibility index (Phi) is 6.23. The average Bonchev–Trinajstić information content (AvgIpc) is 2.59. The lowest BCUT2D eigenvalue weighted by Crippen LogP contribution is -2.29. The monoisotopic (exact) mass is 369 g/mol. The number of aromatic amines is 1. The van der Waals surface area contributed by atoms with Crippen molar-refractivity contribution >= 4 is 24.2 Å². The van der Waals surface area contributed by atoms with E-state index in [1.807, 2.05) is 19.9 Å². The molecule has 2 aromatic heterocycles. The van der Waals surface area contributed by atoms with Crippen molar-refractivity contribution in [2.24, 2.45) is 0 Å². The van der Waals surface area contributed by atoms with Crippen LogP contribution in [0, 0.1) is 19.3 Å². The summed E-state index contributed by atoms with van der Waals surface area (Å²) in [6.45, 7) is 7.39. The summed E-state index contributed by atoms with van der Waals surface area (Å²) in [5.41, 5.74) is 2.22. The van der Waals surface area contributed by atoms with Crippen LogP contribution in [0.4, 0.5) is 5.82 Å². The second-order valence-corrected chi connectivity index (χ2v) is 6.54. The van der Waals surface area contributed by atoms with Gasteiger partial charge in [0.05, 0.1) is 5.56 Å². The SMILES string of the molecule is Cc1cc(C)c(CNC(=O)c2cc(C=O)nc(NC(C)C)c2C=N)c(=O)[nH]1. The molecule has 4 N–H and O–H groups in total. The third-order valence-electron chi connectivity index (χ3n) is 3.93. The van der Waals surface area contributed by atoms with Crippen LogP contribution in [0.3, 0.4) is 0 Å². The molecular formula is C19H23N5O3. The Bertz CT molecular complexity index is 947. The van der Waals surface area contributed by atoms with Gasteiger partial charge in [0.25, 0.3) is 11.5 Å². The molecule has 8 nitrogen and oxygen atoms in total. The van der Waals surface area contributed by atoms with Crippen LogP contribution in [0.5, 0.6) is 0 Å². The van der Waals surface area contributed by atoms with Crippen molar-refractivity contribution in [1.82, 2.24) is 15.3 Å². The summed E-state index contributed by atoms with van der Waals surface area (Å²) in [4.78, 5) is 42.8. The number of nitrogens with zero attached hydrogens (tertiary/aromatic N) is 1. The van der Waals surface area contributed by atoms with Gasteiger partial charge in [-0.3, -0.25) is 14.4 Å². The van der Waals surface area contributed by atoms with E-state index in [1.54, 1.807) is 13.8 Å². The number of pyridine rings is 2. The number of hydrogen-bond acceptors (Lipinski definition) is 6. The highest BCUT2D eigenvalue weighted by Gasteiger charge is 2.18. The Morgan fingerprint density at radius 3 is 2.59 bits per heavy atom. The molecule has 0 unspecified atom stereocenters. The van der Waals surface area contributed by atoms with Crippen LogP contribution in [0.2, 0.25) is 0 Å². The van der Waals surface area contributed by atoms with E-state index in [0.29, 0.717) is 17.7 Å². The van der Waals surface area contributed by atoms with E-state index in [9.17, 15) is 14.4 Å². The molecule has 0 radical (unpaired) electrons. The number of amides is 1. The number of aryl methyl sites for hydroxylation is 2. The average molecular weight is 369 g/mol. The van der Waals surface area contributed by atoms with E-state index in [1.165, 1.54) is 6.07 Å². The zero-order valence-corrected chi connectivity index (χ0v) is 15.8. The Morgan fingerprint density at radius 1 is 1.33 bits per heavy atom. The molecule has 0 bridgehead atoms. The van der Waals surface area contributed by atoms with Crippen molar-refractivity contribution in [3.05, 3.63) is 56.1 Å². The molecule has 2 heterocycles. The highest BCUT2D eigenvalue weighted by Crippen LogP contribution is 2.18. The largest absolute Gasteiger partial charge is 0.367 e. The van der Waals surface area contributed by atoms with Crippen LogP contribution in [-0.4, -0.2) is 34.4 Å². The molecule has 0 saturated carbocycles. The number of aldehydes is 1. The number of anilines is 1. The van der Waals surface area contributed by atoms with Gasteiger partial charge in [0.2, 0.25) is 0 Å². The smallest absolute Gasteiger partial charge is 0.253 e. The topological polar surface area (TPSA) is 128 Å². The third-order valence-corrected chi connectivity index (χ3v) is 3.93. The van der Waals surface area contributed by atoms with E-state index in [-0.39, 0.29) is 35.0 Å². The number of nitrogens with one attached hydrogen (secondary N) is 4. The molecule has 0 fully saturated rings. The molecule has 0 spiro atoms. The van der Waals surface area contributed by atoms with Crippen molar-refractivity contribution in [1.29, 1.82) is 5.41 Å². The first-order valence-corrected chi connectivity index (χ1v) is 8.51. The summed E-state index contributed by atoms with van der Waals surface area (Å²) < 4.78 is 0. The molecule has 0 atom stereocenters. The molecule has 0 aromatic carbocycles. The van der Waals surface area contributed by atoms with E-state index >= 15 is 0 Å². The molecule has 0 saturated heterocycles. The minimum Gasteiger partial charge on any atom is -0.367 e. The van der Waals surface area contributed by atoms with Gasteiger partial charge in [-0.1, -0.05) is 0 Å². The fourth-order valence-electron chi connectivity index (χ4n) is 2.72. The van der Waals surface area contributed by atoms with Crippen molar-refractivity contribution in [2.75, 3.05) is 5.32 Å². The maximum Gasteiger partial charge on any atom is 0.253 e. The maximum absolute atomic E-state index is 12.7. The summed E-state index contributed by atoms with van der Waals surface area (Å²) in [5, 5.41) is 13.4. The molecule has 0 aliphatic rings. The summed E-state index contributed by atoms with van der Waals surface area (Å²) in [7, 11) is 0. The summed E-state index contributed by atoms with van der Waals surface area (Å²) in [5.74, 6) is -0.204. The number of aromatic nitrogens is 2. The molecule has 0 aliphatic heterocycles. The lowest BCUT2D eigenvalue weighted by molar-refractivity contribution is 0.0950. The Balaban J connectivity index is 2.37. The normalized spacial score (nSPS) is 10.6. The summed E-state index contributed by atoms with van der Waals surface area (Å²) in [6.07, 6.45) is 1.57. The van der Waals surface area contributed by atoms with Crippen molar-refractivity contribution in [2.45, 2.75) is 40.3 Å². The fraction of sp³-hybridized carbons (Fsp3) is 0.316. The van der Waals surface area contributed by atoms with Crippen LogP contribution in [0.15, 0.2) is 16.9 Å². The summed E-state index contributed by atoms with van der Waals surface area (Å²) >= 11 is 0. The first-order chi connectivity index (χ1) is 12.8. The van der Waals surface area contributed by atoms with E-state index in [2.05, 4.69) is 20.6 Å². The van der Waals surface area contributed by atoms with Gasteiger partial charge >= 0.3 is 0 Å². The molecular weight excluding hydrogens is 346 g/mol. The van der Waals surface area contributed by atoms with Crippen molar-refractivity contribution < 1.29 is 9.59 Å². The van der Waals surface area contributed by atoms with Gasteiger partial charge in [-0.15, -0.1) is 0 Å². The lowest BCUT2D eigenvalue weighted by atomic mass is 10.1. The Morgan fingerprint density at radius 2 is 2.04 bits per heavy atom. The number of hydrogen-bond donors (Lipinski definition) is 4. The first-order valence-electron chi connectivity index (χ1n) is 8.51. The highest BCUT2D eigenvalue weighted by molar-refractivity contribution is 6.05. The van der Waals surface area contributed by atoms with Gasteiger partial charge in [0.15, 0.2) is 6.29 Å². The predicted octanol–water partition coefficient (Wildman–Crippen LogP) is 1.95. The van der Waals surface area contributed by atoms with Crippen LogP contribution < -0.4 is 16.2 Å². The maximum atomic E-state index is 12.7.